The third-order valence-electron chi connectivity index (χ3n) is 5.48. The standard InChI is InChI=1S/C23H42O4S2/c1-23(2)28-19(15-11-7-5-9-13-17-21(24)26-3)20(29-23)16-12-8-6-10-14-18-22(25)27-4/h19-20H,5-18H2,1-4H3. The molecule has 0 N–H and O–H groups in total. The quantitative estimate of drug-likeness (QED) is 0.193. The number of methoxy groups -OCH3 is 2. The Morgan fingerprint density at radius 2 is 1.00 bits per heavy atom. The van der Waals surface area contributed by atoms with Crippen LogP contribution in [0.25, 0.3) is 0 Å². The molecule has 6 heteroatoms. The molecule has 2 unspecified atom stereocenters. The van der Waals surface area contributed by atoms with E-state index in [9.17, 15) is 9.59 Å². The van der Waals surface area contributed by atoms with Gasteiger partial charge in [-0.3, -0.25) is 9.59 Å². The van der Waals surface area contributed by atoms with E-state index < -0.39 is 0 Å². The van der Waals surface area contributed by atoms with Crippen LogP contribution >= 0.6 is 23.5 Å². The minimum absolute atomic E-state index is 0.0853. The summed E-state index contributed by atoms with van der Waals surface area (Å²) in [6, 6.07) is 0. The first kappa shape index (κ1) is 26.7. The number of esters is 2. The van der Waals surface area contributed by atoms with E-state index in [0.717, 1.165) is 36.2 Å². The lowest BCUT2D eigenvalue weighted by Gasteiger charge is -2.17. The second-order valence-electron chi connectivity index (χ2n) is 8.48. The summed E-state index contributed by atoms with van der Waals surface area (Å²) in [6.45, 7) is 4.74. The van der Waals surface area contributed by atoms with Crippen LogP contribution in [0.15, 0.2) is 0 Å². The maximum atomic E-state index is 11.1. The molecule has 0 amide bonds. The van der Waals surface area contributed by atoms with E-state index in [0.29, 0.717) is 16.9 Å². The van der Waals surface area contributed by atoms with Crippen molar-refractivity contribution in [3.05, 3.63) is 0 Å². The largest absolute Gasteiger partial charge is 0.469 e. The number of rotatable bonds is 16. The minimum Gasteiger partial charge on any atom is -0.469 e. The maximum absolute atomic E-state index is 11.1. The van der Waals surface area contributed by atoms with Gasteiger partial charge in [0.15, 0.2) is 0 Å². The van der Waals surface area contributed by atoms with Crippen molar-refractivity contribution in [1.82, 2.24) is 0 Å². The van der Waals surface area contributed by atoms with Crippen molar-refractivity contribution >= 4 is 35.5 Å². The van der Waals surface area contributed by atoms with Crippen molar-refractivity contribution in [2.24, 2.45) is 0 Å². The Hall–Kier alpha value is -0.360. The summed E-state index contributed by atoms with van der Waals surface area (Å²) in [4.78, 5) is 22.3. The molecule has 0 aromatic carbocycles. The molecule has 0 spiro atoms. The molecule has 0 bridgehead atoms. The molecule has 0 aromatic heterocycles. The minimum atomic E-state index is -0.0853. The summed E-state index contributed by atoms with van der Waals surface area (Å²) < 4.78 is 9.72. The zero-order valence-corrected chi connectivity index (χ0v) is 20.6. The Kier molecular flexibility index (Phi) is 14.2. The van der Waals surface area contributed by atoms with Gasteiger partial charge in [0, 0.05) is 23.3 Å². The molecular formula is C23H42O4S2. The molecule has 0 aliphatic carbocycles. The molecule has 1 fully saturated rings. The van der Waals surface area contributed by atoms with Gasteiger partial charge in [0.25, 0.3) is 0 Å². The lowest BCUT2D eigenvalue weighted by atomic mass is 10.0. The SMILES string of the molecule is COC(=O)CCCCCCCC1SC(C)(C)SC1CCCCCCCC(=O)OC. The van der Waals surface area contributed by atoms with Crippen LogP contribution in [0.3, 0.4) is 0 Å². The van der Waals surface area contributed by atoms with Gasteiger partial charge in [-0.1, -0.05) is 51.4 Å². The molecule has 1 aliphatic heterocycles. The van der Waals surface area contributed by atoms with Crippen LogP contribution in [0.4, 0.5) is 0 Å². The van der Waals surface area contributed by atoms with Crippen LogP contribution in [-0.4, -0.2) is 40.7 Å². The number of hydrogen-bond donors (Lipinski definition) is 0. The fraction of sp³-hybridized carbons (Fsp3) is 0.913. The molecule has 170 valence electrons. The second-order valence-corrected chi connectivity index (χ2v) is 12.5. The summed E-state index contributed by atoms with van der Waals surface area (Å²) in [7, 11) is 2.92. The molecule has 1 heterocycles. The molecule has 1 saturated heterocycles. The lowest BCUT2D eigenvalue weighted by molar-refractivity contribution is -0.141. The van der Waals surface area contributed by atoms with Gasteiger partial charge in [0.05, 0.1) is 18.3 Å². The van der Waals surface area contributed by atoms with Gasteiger partial charge in [0.1, 0.15) is 0 Å². The van der Waals surface area contributed by atoms with Gasteiger partial charge in [-0.15, -0.1) is 23.5 Å². The third-order valence-corrected chi connectivity index (χ3v) is 9.10. The van der Waals surface area contributed by atoms with E-state index in [1.165, 1.54) is 65.6 Å². The fourth-order valence-corrected chi connectivity index (χ4v) is 7.79. The molecule has 2 atom stereocenters. The van der Waals surface area contributed by atoms with Crippen molar-refractivity contribution in [1.29, 1.82) is 0 Å². The van der Waals surface area contributed by atoms with Crippen LogP contribution in [0.2, 0.25) is 0 Å². The highest BCUT2D eigenvalue weighted by Crippen LogP contribution is 2.54. The number of carbonyl (C=O) groups is 2. The highest BCUT2D eigenvalue weighted by atomic mass is 32.2. The van der Waals surface area contributed by atoms with Gasteiger partial charge in [-0.25, -0.2) is 0 Å². The van der Waals surface area contributed by atoms with Crippen molar-refractivity contribution in [2.75, 3.05) is 14.2 Å². The van der Waals surface area contributed by atoms with Crippen molar-refractivity contribution < 1.29 is 19.1 Å². The Morgan fingerprint density at radius 1 is 0.655 bits per heavy atom. The van der Waals surface area contributed by atoms with E-state index in [-0.39, 0.29) is 11.9 Å². The molecule has 1 rings (SSSR count). The van der Waals surface area contributed by atoms with Crippen LogP contribution in [0, 0.1) is 0 Å². The maximum Gasteiger partial charge on any atom is 0.305 e. The van der Waals surface area contributed by atoms with Crippen molar-refractivity contribution in [2.45, 2.75) is 118 Å². The van der Waals surface area contributed by atoms with Crippen LogP contribution in [-0.2, 0) is 19.1 Å². The Labute approximate surface area is 187 Å². The summed E-state index contributed by atoms with van der Waals surface area (Å²) in [5.41, 5.74) is 0. The van der Waals surface area contributed by atoms with E-state index >= 15 is 0 Å². The smallest absolute Gasteiger partial charge is 0.305 e. The van der Waals surface area contributed by atoms with Gasteiger partial charge in [0.2, 0.25) is 0 Å². The number of unbranched alkanes of at least 4 members (excludes halogenated alkanes) is 8. The average Bonchev–Trinajstić information content (AvgIpc) is 2.99. The normalized spacial score (nSPS) is 20.6. The highest BCUT2D eigenvalue weighted by Gasteiger charge is 2.39. The van der Waals surface area contributed by atoms with Gasteiger partial charge in [-0.2, -0.15) is 0 Å². The molecule has 29 heavy (non-hydrogen) atoms. The molecule has 0 aromatic rings. The molecule has 0 saturated carbocycles. The molecule has 4 nitrogen and oxygen atoms in total. The van der Waals surface area contributed by atoms with Crippen LogP contribution < -0.4 is 0 Å². The van der Waals surface area contributed by atoms with Crippen molar-refractivity contribution in [3.63, 3.8) is 0 Å². The number of ether oxygens (including phenoxy) is 2. The van der Waals surface area contributed by atoms with E-state index in [1.807, 2.05) is 0 Å². The number of carbonyl (C=O) groups excluding carboxylic acids is 2. The molecule has 1 aliphatic rings. The van der Waals surface area contributed by atoms with E-state index in [4.69, 9.17) is 0 Å². The third kappa shape index (κ3) is 12.8. The first-order chi connectivity index (χ1) is 13.9. The predicted molar refractivity (Wildman–Crippen MR) is 126 cm³/mol. The number of hydrogen-bond acceptors (Lipinski definition) is 6. The summed E-state index contributed by atoms with van der Waals surface area (Å²) in [5.74, 6) is -0.171. The summed E-state index contributed by atoms with van der Waals surface area (Å²) in [5, 5.41) is 1.56. The zero-order chi connectivity index (χ0) is 21.5. The average molecular weight is 447 g/mol. The highest BCUT2D eigenvalue weighted by molar-refractivity contribution is 8.22. The van der Waals surface area contributed by atoms with Gasteiger partial charge in [-0.05, 0) is 39.5 Å². The van der Waals surface area contributed by atoms with Crippen LogP contribution in [0.1, 0.15) is 104 Å². The predicted octanol–water partition coefficient (Wildman–Crippen LogP) is 6.75. The van der Waals surface area contributed by atoms with E-state index in [1.54, 1.807) is 0 Å². The second kappa shape index (κ2) is 15.4. The fourth-order valence-electron chi connectivity index (χ4n) is 3.89. The lowest BCUT2D eigenvalue weighted by Crippen LogP contribution is -2.15. The summed E-state index contributed by atoms with van der Waals surface area (Å²) in [6.07, 6.45) is 15.5. The van der Waals surface area contributed by atoms with Crippen molar-refractivity contribution in [3.8, 4) is 0 Å². The molecular weight excluding hydrogens is 404 g/mol. The Morgan fingerprint density at radius 3 is 1.38 bits per heavy atom. The van der Waals surface area contributed by atoms with Gasteiger partial charge >= 0.3 is 11.9 Å². The first-order valence-corrected chi connectivity index (χ1v) is 13.1. The Balaban J connectivity index is 2.13. The zero-order valence-electron chi connectivity index (χ0n) is 19.0. The summed E-state index contributed by atoms with van der Waals surface area (Å²) >= 11 is 4.36. The topological polar surface area (TPSA) is 52.6 Å². The van der Waals surface area contributed by atoms with Gasteiger partial charge < -0.3 is 9.47 Å². The Bertz CT molecular complexity index is 428. The first-order valence-electron chi connectivity index (χ1n) is 11.4. The van der Waals surface area contributed by atoms with E-state index in [2.05, 4.69) is 46.8 Å². The monoisotopic (exact) mass is 446 g/mol. The molecule has 0 radical (unpaired) electrons. The van der Waals surface area contributed by atoms with Crippen LogP contribution in [0.5, 0.6) is 0 Å². The number of thioether (sulfide) groups is 2.